The predicted molar refractivity (Wildman–Crippen MR) is 69.8 cm³/mol. The van der Waals surface area contributed by atoms with Gasteiger partial charge in [-0.2, -0.15) is 0 Å². The largest absolute Gasteiger partial charge is 0.497 e. The lowest BCUT2D eigenvalue weighted by molar-refractivity contribution is 0.414. The first-order chi connectivity index (χ1) is 8.35. The van der Waals surface area contributed by atoms with Gasteiger partial charge in [0.2, 0.25) is 0 Å². The van der Waals surface area contributed by atoms with Gasteiger partial charge in [0.1, 0.15) is 5.75 Å². The Kier molecular flexibility index (Phi) is 2.93. The molecule has 1 unspecified atom stereocenters. The second kappa shape index (κ2) is 4.57. The molecule has 17 heavy (non-hydrogen) atoms. The van der Waals surface area contributed by atoms with Crippen LogP contribution in [-0.2, 0) is 6.42 Å². The number of nitrogens with one attached hydrogen (secondary N) is 2. The van der Waals surface area contributed by atoms with Gasteiger partial charge < -0.3 is 15.4 Å². The van der Waals surface area contributed by atoms with Gasteiger partial charge in [0.25, 0.3) is 0 Å². The lowest BCUT2D eigenvalue weighted by atomic mass is 9.98. The highest BCUT2D eigenvalue weighted by Gasteiger charge is 2.23. The number of hydrogen-bond donors (Lipinski definition) is 2. The summed E-state index contributed by atoms with van der Waals surface area (Å²) in [5.74, 6) is 0.937. The Labute approximate surface area is 103 Å². The van der Waals surface area contributed by atoms with Crippen LogP contribution in [0.1, 0.15) is 24.8 Å². The van der Waals surface area contributed by atoms with Crippen LogP contribution in [0.3, 0.4) is 0 Å². The minimum absolute atomic E-state index is 0.565. The molecule has 92 valence electrons. The van der Waals surface area contributed by atoms with Gasteiger partial charge in [0, 0.05) is 30.4 Å². The highest BCUT2D eigenvalue weighted by molar-refractivity contribution is 5.57. The predicted octanol–water partition coefficient (Wildman–Crippen LogP) is 2.17. The fourth-order valence-corrected chi connectivity index (χ4v) is 2.41. The molecule has 0 aromatic heterocycles. The van der Waals surface area contributed by atoms with Gasteiger partial charge in [0.05, 0.1) is 7.11 Å². The van der Waals surface area contributed by atoms with Gasteiger partial charge in [-0.25, -0.2) is 0 Å². The molecule has 2 aliphatic rings. The van der Waals surface area contributed by atoms with Crippen LogP contribution in [0.4, 0.5) is 5.69 Å². The maximum absolute atomic E-state index is 5.27. The topological polar surface area (TPSA) is 33.3 Å². The van der Waals surface area contributed by atoms with Crippen molar-refractivity contribution in [2.45, 2.75) is 37.8 Å². The second-order valence-corrected chi connectivity index (χ2v) is 5.09. The quantitative estimate of drug-likeness (QED) is 0.834. The Balaban J connectivity index is 1.65. The molecule has 1 fully saturated rings. The molecule has 0 saturated heterocycles. The summed E-state index contributed by atoms with van der Waals surface area (Å²) in [6.07, 6.45) is 5.11. The first kappa shape index (κ1) is 10.9. The molecule has 1 heterocycles. The average Bonchev–Trinajstić information content (AvgIpc) is 3.19. The molecule has 1 aromatic carbocycles. The summed E-state index contributed by atoms with van der Waals surface area (Å²) in [5, 5.41) is 7.20. The van der Waals surface area contributed by atoms with Crippen LogP contribution in [0.15, 0.2) is 18.2 Å². The number of anilines is 1. The molecular formula is C14H20N2O. The van der Waals surface area contributed by atoms with Gasteiger partial charge >= 0.3 is 0 Å². The monoisotopic (exact) mass is 232 g/mol. The third-order valence-electron chi connectivity index (χ3n) is 3.67. The summed E-state index contributed by atoms with van der Waals surface area (Å²) in [5.41, 5.74) is 2.66. The van der Waals surface area contributed by atoms with Crippen LogP contribution in [-0.4, -0.2) is 25.7 Å². The Morgan fingerprint density at radius 1 is 1.35 bits per heavy atom. The molecular weight excluding hydrogens is 212 g/mol. The lowest BCUT2D eigenvalue weighted by Crippen LogP contribution is -2.36. The summed E-state index contributed by atoms with van der Waals surface area (Å²) in [6.45, 7) is 1.08. The van der Waals surface area contributed by atoms with E-state index in [0.29, 0.717) is 6.04 Å². The maximum atomic E-state index is 5.27. The van der Waals surface area contributed by atoms with E-state index < -0.39 is 0 Å². The van der Waals surface area contributed by atoms with Crippen molar-refractivity contribution in [1.29, 1.82) is 0 Å². The van der Waals surface area contributed by atoms with Crippen molar-refractivity contribution in [3.05, 3.63) is 23.8 Å². The van der Waals surface area contributed by atoms with Crippen molar-refractivity contribution in [1.82, 2.24) is 5.32 Å². The normalized spacial score (nSPS) is 22.8. The van der Waals surface area contributed by atoms with E-state index in [0.717, 1.165) is 18.3 Å². The van der Waals surface area contributed by atoms with E-state index in [1.807, 2.05) is 6.07 Å². The number of methoxy groups -OCH3 is 1. The van der Waals surface area contributed by atoms with Crippen molar-refractivity contribution >= 4 is 5.69 Å². The lowest BCUT2D eigenvalue weighted by Gasteiger charge is -2.27. The van der Waals surface area contributed by atoms with E-state index in [1.165, 1.54) is 36.9 Å². The van der Waals surface area contributed by atoms with E-state index in [-0.39, 0.29) is 0 Å². The first-order valence-corrected chi connectivity index (χ1v) is 6.52. The molecule has 3 nitrogen and oxygen atoms in total. The van der Waals surface area contributed by atoms with Crippen molar-refractivity contribution in [3.8, 4) is 5.75 Å². The van der Waals surface area contributed by atoms with Crippen molar-refractivity contribution in [2.24, 2.45) is 0 Å². The Morgan fingerprint density at radius 2 is 2.24 bits per heavy atom. The van der Waals surface area contributed by atoms with Gasteiger partial charge in [-0.05, 0) is 37.3 Å². The number of hydrogen-bond acceptors (Lipinski definition) is 3. The van der Waals surface area contributed by atoms with Gasteiger partial charge in [-0.1, -0.05) is 6.07 Å². The van der Waals surface area contributed by atoms with Crippen LogP contribution in [0.5, 0.6) is 5.75 Å². The van der Waals surface area contributed by atoms with Crippen molar-refractivity contribution in [2.75, 3.05) is 19.0 Å². The Hall–Kier alpha value is -1.22. The number of rotatable bonds is 4. The average molecular weight is 232 g/mol. The summed E-state index contributed by atoms with van der Waals surface area (Å²) < 4.78 is 5.27. The highest BCUT2D eigenvalue weighted by Crippen LogP contribution is 2.29. The van der Waals surface area contributed by atoms with E-state index in [1.54, 1.807) is 7.11 Å². The highest BCUT2D eigenvalue weighted by atomic mass is 16.5. The molecule has 3 rings (SSSR count). The van der Waals surface area contributed by atoms with Crippen LogP contribution < -0.4 is 15.4 Å². The second-order valence-electron chi connectivity index (χ2n) is 5.09. The number of fused-ring (bicyclic) bond motifs is 1. The zero-order valence-corrected chi connectivity index (χ0v) is 10.3. The molecule has 1 aromatic rings. The summed E-state index contributed by atoms with van der Waals surface area (Å²) in [4.78, 5) is 0. The molecule has 1 aliphatic heterocycles. The Bertz CT molecular complexity index is 401. The smallest absolute Gasteiger partial charge is 0.120 e. The number of benzene rings is 1. The van der Waals surface area contributed by atoms with Crippen LogP contribution in [0.25, 0.3) is 0 Å². The van der Waals surface area contributed by atoms with E-state index in [2.05, 4.69) is 22.8 Å². The van der Waals surface area contributed by atoms with Crippen molar-refractivity contribution < 1.29 is 4.74 Å². The van der Waals surface area contributed by atoms with Crippen LogP contribution in [0.2, 0.25) is 0 Å². The molecule has 3 heteroatoms. The fraction of sp³-hybridized carbons (Fsp3) is 0.571. The van der Waals surface area contributed by atoms with Gasteiger partial charge in [0.15, 0.2) is 0 Å². The zero-order chi connectivity index (χ0) is 11.7. The molecule has 1 saturated carbocycles. The first-order valence-electron chi connectivity index (χ1n) is 6.52. The number of aryl methyl sites for hydroxylation is 1. The molecule has 1 atom stereocenters. The fourth-order valence-electron chi connectivity index (χ4n) is 2.41. The zero-order valence-electron chi connectivity index (χ0n) is 10.3. The molecule has 1 aliphatic carbocycles. The summed E-state index contributed by atoms with van der Waals surface area (Å²) >= 11 is 0. The van der Waals surface area contributed by atoms with E-state index in [9.17, 15) is 0 Å². The standard InChI is InChI=1S/C14H20N2O/c1-17-13-7-3-10-2-4-12(16-14(10)8-13)9-15-11-5-6-11/h3,7-8,11-12,15-16H,2,4-6,9H2,1H3. The van der Waals surface area contributed by atoms with E-state index >= 15 is 0 Å². The third-order valence-corrected chi connectivity index (χ3v) is 3.67. The van der Waals surface area contributed by atoms with Gasteiger partial charge in [-0.15, -0.1) is 0 Å². The Morgan fingerprint density at radius 3 is 3.00 bits per heavy atom. The third kappa shape index (κ3) is 2.55. The van der Waals surface area contributed by atoms with Gasteiger partial charge in [-0.3, -0.25) is 0 Å². The van der Waals surface area contributed by atoms with E-state index in [4.69, 9.17) is 4.74 Å². The summed E-state index contributed by atoms with van der Waals surface area (Å²) in [6, 6.07) is 7.69. The molecule has 0 radical (unpaired) electrons. The van der Waals surface area contributed by atoms with Crippen LogP contribution in [0, 0.1) is 0 Å². The minimum Gasteiger partial charge on any atom is -0.497 e. The molecule has 0 spiro atoms. The summed E-state index contributed by atoms with van der Waals surface area (Å²) in [7, 11) is 1.72. The number of ether oxygens (including phenoxy) is 1. The molecule has 2 N–H and O–H groups in total. The minimum atomic E-state index is 0.565. The molecule has 0 amide bonds. The maximum Gasteiger partial charge on any atom is 0.120 e. The van der Waals surface area contributed by atoms with Crippen LogP contribution >= 0.6 is 0 Å². The SMILES string of the molecule is COc1ccc2c(c1)NC(CNC1CC1)CC2. The molecule has 0 bridgehead atoms. The van der Waals surface area contributed by atoms with Crippen molar-refractivity contribution in [3.63, 3.8) is 0 Å².